The number of carbonyl (C=O) groups is 2. The summed E-state index contributed by atoms with van der Waals surface area (Å²) < 4.78 is 0. The van der Waals surface area contributed by atoms with Gasteiger partial charge >= 0.3 is 0 Å². The molecule has 0 saturated carbocycles. The van der Waals surface area contributed by atoms with Gasteiger partial charge in [-0.25, -0.2) is 5.43 Å². The molecule has 0 aliphatic carbocycles. The van der Waals surface area contributed by atoms with Gasteiger partial charge in [-0.15, -0.1) is 11.3 Å². The monoisotopic (exact) mass is 439 g/mol. The molecule has 0 aliphatic rings. The van der Waals surface area contributed by atoms with Crippen molar-refractivity contribution in [2.45, 2.75) is 6.92 Å². The van der Waals surface area contributed by atoms with Crippen LogP contribution in [0.3, 0.4) is 0 Å². The molecule has 0 aliphatic heterocycles. The molecule has 3 N–H and O–H groups in total. The van der Waals surface area contributed by atoms with Gasteiger partial charge in [0.1, 0.15) is 11.4 Å². The Labute approximate surface area is 182 Å². The number of aromatic hydroxyl groups is 1. The number of benzene rings is 2. The smallest absolute Gasteiger partial charge is 0.287 e. The van der Waals surface area contributed by atoms with E-state index >= 15 is 0 Å². The molecule has 0 bridgehead atoms. The summed E-state index contributed by atoms with van der Waals surface area (Å²) in [5, 5.41) is 18.5. The maximum Gasteiger partial charge on any atom is 0.287 e. The first-order valence-electron chi connectivity index (χ1n) is 8.88. The lowest BCUT2D eigenvalue weighted by atomic mass is 10.1. The van der Waals surface area contributed by atoms with Crippen molar-refractivity contribution in [3.05, 3.63) is 92.3 Å². The molecule has 0 fully saturated rings. The fraction of sp³-hybridized carbons (Fsp3) is 0.0455. The first-order valence-corrected chi connectivity index (χ1v) is 10.1. The molecule has 2 amide bonds. The number of phenols is 1. The van der Waals surface area contributed by atoms with Crippen LogP contribution in [0.4, 0.5) is 0 Å². The summed E-state index contributed by atoms with van der Waals surface area (Å²) in [5.41, 5.74) is 4.02. The molecule has 2 aromatic carbocycles. The largest absolute Gasteiger partial charge is 0.507 e. The molecular weight excluding hydrogens is 422 g/mol. The summed E-state index contributed by atoms with van der Waals surface area (Å²) in [7, 11) is 0. The third-order valence-electron chi connectivity index (χ3n) is 3.99. The number of nitrogens with zero attached hydrogens (tertiary/aromatic N) is 1. The van der Waals surface area contributed by atoms with Crippen LogP contribution in [0.5, 0.6) is 5.75 Å². The lowest BCUT2D eigenvalue weighted by molar-refractivity contribution is -0.117. The average Bonchev–Trinajstić information content (AvgIpc) is 3.23. The molecular formula is C22H18ClN3O3S. The van der Waals surface area contributed by atoms with Gasteiger partial charge in [0.25, 0.3) is 11.8 Å². The molecule has 1 heterocycles. The van der Waals surface area contributed by atoms with Crippen LogP contribution in [0, 0.1) is 6.92 Å². The molecule has 3 aromatic rings. The van der Waals surface area contributed by atoms with Crippen LogP contribution in [0.1, 0.15) is 26.4 Å². The van der Waals surface area contributed by atoms with Gasteiger partial charge < -0.3 is 10.4 Å². The minimum absolute atomic E-state index is 0.00739. The predicted octanol–water partition coefficient (Wildman–Crippen LogP) is 4.34. The van der Waals surface area contributed by atoms with E-state index in [2.05, 4.69) is 15.8 Å². The maximum absolute atomic E-state index is 12.7. The number of hydrogen-bond acceptors (Lipinski definition) is 5. The van der Waals surface area contributed by atoms with Gasteiger partial charge in [0.15, 0.2) is 0 Å². The van der Waals surface area contributed by atoms with E-state index in [-0.39, 0.29) is 22.0 Å². The minimum Gasteiger partial charge on any atom is -0.507 e. The first-order chi connectivity index (χ1) is 14.4. The van der Waals surface area contributed by atoms with E-state index in [1.54, 1.807) is 48.5 Å². The molecule has 30 heavy (non-hydrogen) atoms. The first kappa shape index (κ1) is 21.3. The number of hydrogen-bond donors (Lipinski definition) is 3. The zero-order chi connectivity index (χ0) is 21.5. The van der Waals surface area contributed by atoms with Gasteiger partial charge in [0, 0.05) is 10.4 Å². The highest BCUT2D eigenvalue weighted by molar-refractivity contribution is 7.10. The van der Waals surface area contributed by atoms with Gasteiger partial charge in [0.05, 0.1) is 16.8 Å². The molecule has 0 spiro atoms. The second kappa shape index (κ2) is 9.87. The van der Waals surface area contributed by atoms with Crippen LogP contribution in [0.2, 0.25) is 5.02 Å². The van der Waals surface area contributed by atoms with Gasteiger partial charge in [-0.3, -0.25) is 9.59 Å². The quantitative estimate of drug-likeness (QED) is 0.303. The third kappa shape index (κ3) is 5.56. The summed E-state index contributed by atoms with van der Waals surface area (Å²) in [6, 6.07) is 15.2. The number of nitrogens with one attached hydrogen (secondary N) is 2. The standard InChI is InChI=1S/C22H18ClN3O3S/c1-14-8-9-20(27)15(11-14)13-24-26-22(29)19(12-16-5-4-10-30-16)25-21(28)17-6-2-3-7-18(17)23/h2-13,27H,1H3,(H,25,28)(H,26,29)/b19-12+,24-13+. The van der Waals surface area contributed by atoms with Crippen molar-refractivity contribution in [2.75, 3.05) is 0 Å². The van der Waals surface area contributed by atoms with Crippen molar-refractivity contribution in [3.8, 4) is 5.75 Å². The van der Waals surface area contributed by atoms with E-state index in [0.717, 1.165) is 10.4 Å². The number of halogens is 1. The Hall–Kier alpha value is -3.42. The van der Waals surface area contributed by atoms with Crippen LogP contribution in [0.25, 0.3) is 6.08 Å². The van der Waals surface area contributed by atoms with Crippen molar-refractivity contribution in [1.29, 1.82) is 0 Å². The lowest BCUT2D eigenvalue weighted by Crippen LogP contribution is -2.33. The average molecular weight is 440 g/mol. The van der Waals surface area contributed by atoms with Crippen molar-refractivity contribution in [2.24, 2.45) is 5.10 Å². The summed E-state index contributed by atoms with van der Waals surface area (Å²) in [4.78, 5) is 26.0. The van der Waals surface area contributed by atoms with Crippen LogP contribution in [-0.4, -0.2) is 23.1 Å². The minimum atomic E-state index is -0.618. The highest BCUT2D eigenvalue weighted by atomic mass is 35.5. The molecule has 0 unspecified atom stereocenters. The van der Waals surface area contributed by atoms with Crippen LogP contribution in [0.15, 0.2) is 70.8 Å². The number of aryl methyl sites for hydroxylation is 1. The summed E-state index contributed by atoms with van der Waals surface area (Å²) in [6.07, 6.45) is 2.88. The van der Waals surface area contributed by atoms with Gasteiger partial charge in [-0.05, 0) is 48.7 Å². The maximum atomic E-state index is 12.7. The van der Waals surface area contributed by atoms with Crippen molar-refractivity contribution in [3.63, 3.8) is 0 Å². The summed E-state index contributed by atoms with van der Waals surface area (Å²) in [5.74, 6) is -1.09. The summed E-state index contributed by atoms with van der Waals surface area (Å²) in [6.45, 7) is 1.88. The molecule has 152 valence electrons. The molecule has 8 heteroatoms. The molecule has 0 atom stereocenters. The highest BCUT2D eigenvalue weighted by Gasteiger charge is 2.16. The van der Waals surface area contributed by atoms with E-state index < -0.39 is 11.8 Å². The Morgan fingerprint density at radius 2 is 1.93 bits per heavy atom. The second-order valence-electron chi connectivity index (χ2n) is 6.27. The molecule has 0 saturated heterocycles. The molecule has 1 aromatic heterocycles. The van der Waals surface area contributed by atoms with E-state index in [4.69, 9.17) is 11.6 Å². The van der Waals surface area contributed by atoms with E-state index in [9.17, 15) is 14.7 Å². The van der Waals surface area contributed by atoms with E-state index in [0.29, 0.717) is 5.56 Å². The topological polar surface area (TPSA) is 90.8 Å². The zero-order valence-corrected chi connectivity index (χ0v) is 17.5. The van der Waals surface area contributed by atoms with Crippen LogP contribution in [-0.2, 0) is 4.79 Å². The number of thiophene rings is 1. The fourth-order valence-corrected chi connectivity index (χ4v) is 3.39. The van der Waals surface area contributed by atoms with Crippen LogP contribution < -0.4 is 10.7 Å². The number of hydrazone groups is 1. The van der Waals surface area contributed by atoms with Crippen molar-refractivity contribution >= 4 is 47.0 Å². The highest BCUT2D eigenvalue weighted by Crippen LogP contribution is 2.17. The Morgan fingerprint density at radius 1 is 1.13 bits per heavy atom. The van der Waals surface area contributed by atoms with E-state index in [1.165, 1.54) is 17.6 Å². The Bertz CT molecular complexity index is 1120. The number of phenolic OH excluding ortho intramolecular Hbond substituents is 1. The predicted molar refractivity (Wildman–Crippen MR) is 120 cm³/mol. The zero-order valence-electron chi connectivity index (χ0n) is 15.9. The van der Waals surface area contributed by atoms with Gasteiger partial charge in [-0.2, -0.15) is 5.10 Å². The summed E-state index contributed by atoms with van der Waals surface area (Å²) >= 11 is 7.49. The van der Waals surface area contributed by atoms with Gasteiger partial charge in [0.2, 0.25) is 0 Å². The SMILES string of the molecule is Cc1ccc(O)c(/C=N/NC(=O)/C(=C\c2cccs2)NC(=O)c2ccccc2Cl)c1. The Balaban J connectivity index is 1.79. The lowest BCUT2D eigenvalue weighted by Gasteiger charge is -2.09. The molecule has 3 rings (SSSR count). The third-order valence-corrected chi connectivity index (χ3v) is 5.14. The van der Waals surface area contributed by atoms with Crippen LogP contribution >= 0.6 is 22.9 Å². The number of amides is 2. The van der Waals surface area contributed by atoms with Crippen molar-refractivity contribution in [1.82, 2.24) is 10.7 Å². The number of rotatable bonds is 6. The Kier molecular flexibility index (Phi) is 7.00. The fourth-order valence-electron chi connectivity index (χ4n) is 2.51. The normalized spacial score (nSPS) is 11.5. The number of carbonyl (C=O) groups excluding carboxylic acids is 2. The Morgan fingerprint density at radius 3 is 2.67 bits per heavy atom. The molecule has 6 nitrogen and oxygen atoms in total. The van der Waals surface area contributed by atoms with Crippen molar-refractivity contribution < 1.29 is 14.7 Å². The van der Waals surface area contributed by atoms with E-state index in [1.807, 2.05) is 24.4 Å². The van der Waals surface area contributed by atoms with Gasteiger partial charge in [-0.1, -0.05) is 41.4 Å². The molecule has 0 radical (unpaired) electrons. The second-order valence-corrected chi connectivity index (χ2v) is 7.66.